The van der Waals surface area contributed by atoms with Crippen LogP contribution in [0.2, 0.25) is 0 Å². The van der Waals surface area contributed by atoms with Crippen molar-refractivity contribution >= 4 is 11.9 Å². The molecule has 4 nitrogen and oxygen atoms in total. The molecular formula is C15H17NO3. The molecule has 0 bridgehead atoms. The third kappa shape index (κ3) is 3.68. The van der Waals surface area contributed by atoms with Gasteiger partial charge in [0.25, 0.3) is 0 Å². The molecule has 1 N–H and O–H groups in total. The second-order valence-electron chi connectivity index (χ2n) is 4.80. The van der Waals surface area contributed by atoms with E-state index in [0.29, 0.717) is 6.54 Å². The maximum absolute atomic E-state index is 12.0. The summed E-state index contributed by atoms with van der Waals surface area (Å²) >= 11 is 0. The minimum absolute atomic E-state index is 0.229. The van der Waals surface area contributed by atoms with E-state index in [9.17, 15) is 9.59 Å². The molecule has 0 heterocycles. The van der Waals surface area contributed by atoms with Crippen molar-refractivity contribution in [1.82, 2.24) is 4.90 Å². The molecule has 0 atom stereocenters. The molecule has 0 aliphatic heterocycles. The summed E-state index contributed by atoms with van der Waals surface area (Å²) in [6.45, 7) is 2.55. The van der Waals surface area contributed by atoms with Crippen LogP contribution in [0, 0.1) is 6.92 Å². The van der Waals surface area contributed by atoms with Crippen molar-refractivity contribution in [2.75, 3.05) is 0 Å². The summed E-state index contributed by atoms with van der Waals surface area (Å²) in [7, 11) is 0. The summed E-state index contributed by atoms with van der Waals surface area (Å²) in [6.07, 6.45) is 4.03. The lowest BCUT2D eigenvalue weighted by molar-refractivity contribution is -0.132. The average molecular weight is 259 g/mol. The first-order valence-electron chi connectivity index (χ1n) is 6.34. The Morgan fingerprint density at radius 3 is 2.58 bits per heavy atom. The summed E-state index contributed by atoms with van der Waals surface area (Å²) in [5.74, 6) is -1.33. The molecule has 1 amide bonds. The van der Waals surface area contributed by atoms with Crippen LogP contribution in [-0.4, -0.2) is 27.9 Å². The zero-order valence-electron chi connectivity index (χ0n) is 10.9. The molecule has 19 heavy (non-hydrogen) atoms. The molecule has 0 spiro atoms. The van der Waals surface area contributed by atoms with Crippen molar-refractivity contribution in [2.45, 2.75) is 32.4 Å². The second kappa shape index (κ2) is 5.69. The number of carbonyl (C=O) groups is 2. The highest BCUT2D eigenvalue weighted by Gasteiger charge is 2.31. The van der Waals surface area contributed by atoms with Gasteiger partial charge in [-0.1, -0.05) is 24.3 Å². The lowest BCUT2D eigenvalue weighted by atomic mass is 10.1. The first-order chi connectivity index (χ1) is 9.08. The highest BCUT2D eigenvalue weighted by Crippen LogP contribution is 2.29. The topological polar surface area (TPSA) is 57.6 Å². The summed E-state index contributed by atoms with van der Waals surface area (Å²) in [5.41, 5.74) is 2.25. The molecule has 0 saturated heterocycles. The van der Waals surface area contributed by atoms with Crippen molar-refractivity contribution in [2.24, 2.45) is 0 Å². The Labute approximate surface area is 112 Å². The standard InChI is InChI=1S/C15H17NO3/c1-11-4-2-3-5-12(11)10-16(13-6-7-13)14(17)8-9-15(18)19/h2-5,8-9,13H,6-7,10H2,1H3,(H,18,19)/b9-8+. The molecule has 0 radical (unpaired) electrons. The first-order valence-corrected chi connectivity index (χ1v) is 6.34. The third-order valence-corrected chi connectivity index (χ3v) is 3.24. The lowest BCUT2D eigenvalue weighted by Crippen LogP contribution is -2.31. The minimum Gasteiger partial charge on any atom is -0.478 e. The van der Waals surface area contributed by atoms with Gasteiger partial charge in [0.15, 0.2) is 0 Å². The van der Waals surface area contributed by atoms with E-state index in [0.717, 1.165) is 36.1 Å². The number of hydrogen-bond donors (Lipinski definition) is 1. The monoisotopic (exact) mass is 259 g/mol. The predicted octanol–water partition coefficient (Wildman–Crippen LogP) is 2.13. The van der Waals surface area contributed by atoms with Crippen LogP contribution in [0.25, 0.3) is 0 Å². The second-order valence-corrected chi connectivity index (χ2v) is 4.80. The van der Waals surface area contributed by atoms with E-state index in [1.807, 2.05) is 31.2 Å². The SMILES string of the molecule is Cc1ccccc1CN(C(=O)/C=C/C(=O)O)C1CC1. The third-order valence-electron chi connectivity index (χ3n) is 3.24. The van der Waals surface area contributed by atoms with Crippen LogP contribution in [0.1, 0.15) is 24.0 Å². The van der Waals surface area contributed by atoms with Crippen LogP contribution in [0.4, 0.5) is 0 Å². The van der Waals surface area contributed by atoms with Gasteiger partial charge in [-0.25, -0.2) is 4.79 Å². The van der Waals surface area contributed by atoms with Crippen molar-refractivity contribution in [3.8, 4) is 0 Å². The Morgan fingerprint density at radius 1 is 1.32 bits per heavy atom. The first kappa shape index (κ1) is 13.3. The van der Waals surface area contributed by atoms with Crippen LogP contribution >= 0.6 is 0 Å². The number of benzene rings is 1. The van der Waals surface area contributed by atoms with Gasteiger partial charge in [-0.2, -0.15) is 0 Å². The van der Waals surface area contributed by atoms with Crippen LogP contribution in [0.3, 0.4) is 0 Å². The number of amides is 1. The smallest absolute Gasteiger partial charge is 0.328 e. The van der Waals surface area contributed by atoms with E-state index in [-0.39, 0.29) is 11.9 Å². The van der Waals surface area contributed by atoms with Crippen molar-refractivity contribution < 1.29 is 14.7 Å². The zero-order valence-corrected chi connectivity index (χ0v) is 10.9. The molecule has 1 aliphatic rings. The summed E-state index contributed by atoms with van der Waals surface area (Å²) < 4.78 is 0. The van der Waals surface area contributed by atoms with Gasteiger partial charge >= 0.3 is 5.97 Å². The number of aliphatic carboxylic acids is 1. The fourth-order valence-electron chi connectivity index (χ4n) is 1.98. The number of aryl methyl sites for hydroxylation is 1. The van der Waals surface area contributed by atoms with Gasteiger partial charge in [0.2, 0.25) is 5.91 Å². The Hall–Kier alpha value is -2.10. The lowest BCUT2D eigenvalue weighted by Gasteiger charge is -2.21. The maximum atomic E-state index is 12.0. The predicted molar refractivity (Wildman–Crippen MR) is 71.5 cm³/mol. The Morgan fingerprint density at radius 2 is 2.00 bits per heavy atom. The van der Waals surface area contributed by atoms with Gasteiger partial charge in [0.05, 0.1) is 0 Å². The zero-order chi connectivity index (χ0) is 13.8. The summed E-state index contributed by atoms with van der Waals surface area (Å²) in [5, 5.41) is 8.57. The molecule has 1 saturated carbocycles. The molecule has 0 aromatic heterocycles. The van der Waals surface area contributed by atoms with E-state index < -0.39 is 5.97 Å². The number of carboxylic acids is 1. The molecule has 1 fully saturated rings. The van der Waals surface area contributed by atoms with Gasteiger partial charge in [-0.05, 0) is 30.9 Å². The highest BCUT2D eigenvalue weighted by molar-refractivity contribution is 5.94. The van der Waals surface area contributed by atoms with Crippen LogP contribution < -0.4 is 0 Å². The molecule has 2 rings (SSSR count). The molecule has 4 heteroatoms. The van der Waals surface area contributed by atoms with Crippen molar-refractivity contribution in [1.29, 1.82) is 0 Å². The number of carboxylic acid groups (broad SMARTS) is 1. The van der Waals surface area contributed by atoms with Gasteiger partial charge in [-0.3, -0.25) is 4.79 Å². The van der Waals surface area contributed by atoms with Crippen LogP contribution in [0.5, 0.6) is 0 Å². The van der Waals surface area contributed by atoms with Crippen molar-refractivity contribution in [3.05, 3.63) is 47.5 Å². The van der Waals surface area contributed by atoms with E-state index in [1.165, 1.54) is 0 Å². The molecule has 1 aromatic rings. The van der Waals surface area contributed by atoms with Gasteiger partial charge in [0, 0.05) is 24.7 Å². The molecule has 1 aliphatic carbocycles. The molecule has 100 valence electrons. The fourth-order valence-corrected chi connectivity index (χ4v) is 1.98. The Kier molecular flexibility index (Phi) is 4.00. The van der Waals surface area contributed by atoms with E-state index in [4.69, 9.17) is 5.11 Å². The number of hydrogen-bond acceptors (Lipinski definition) is 2. The highest BCUT2D eigenvalue weighted by atomic mass is 16.4. The normalized spacial score (nSPS) is 14.6. The van der Waals surface area contributed by atoms with E-state index >= 15 is 0 Å². The fraction of sp³-hybridized carbons (Fsp3) is 0.333. The minimum atomic E-state index is -1.10. The Balaban J connectivity index is 2.11. The van der Waals surface area contributed by atoms with Crippen LogP contribution in [-0.2, 0) is 16.1 Å². The maximum Gasteiger partial charge on any atom is 0.328 e. The average Bonchev–Trinajstić information content (AvgIpc) is 3.19. The number of carbonyl (C=O) groups excluding carboxylic acids is 1. The largest absolute Gasteiger partial charge is 0.478 e. The number of rotatable bonds is 5. The van der Waals surface area contributed by atoms with Crippen molar-refractivity contribution in [3.63, 3.8) is 0 Å². The van der Waals surface area contributed by atoms with E-state index in [2.05, 4.69) is 0 Å². The van der Waals surface area contributed by atoms with Gasteiger partial charge in [0.1, 0.15) is 0 Å². The molecule has 0 unspecified atom stereocenters. The van der Waals surface area contributed by atoms with Crippen LogP contribution in [0.15, 0.2) is 36.4 Å². The van der Waals surface area contributed by atoms with E-state index in [1.54, 1.807) is 4.90 Å². The number of nitrogens with zero attached hydrogens (tertiary/aromatic N) is 1. The molecular weight excluding hydrogens is 242 g/mol. The Bertz CT molecular complexity index is 518. The molecule has 1 aromatic carbocycles. The van der Waals surface area contributed by atoms with Gasteiger partial charge in [-0.15, -0.1) is 0 Å². The quantitative estimate of drug-likeness (QED) is 0.824. The van der Waals surface area contributed by atoms with Gasteiger partial charge < -0.3 is 10.0 Å². The summed E-state index contributed by atoms with van der Waals surface area (Å²) in [4.78, 5) is 24.2. The summed E-state index contributed by atoms with van der Waals surface area (Å²) in [6, 6.07) is 8.18.